The lowest BCUT2D eigenvalue weighted by Gasteiger charge is -2.27. The van der Waals surface area contributed by atoms with Crippen LogP contribution in [-0.2, 0) is 14.8 Å². The Hall–Kier alpha value is -2.27. The molecule has 2 saturated heterocycles. The molecule has 0 spiro atoms. The summed E-state index contributed by atoms with van der Waals surface area (Å²) < 4.78 is 32.2. The number of nitrogens with zero attached hydrogens (tertiary/aromatic N) is 3. The van der Waals surface area contributed by atoms with E-state index in [1.54, 1.807) is 29.7 Å². The number of thiophene rings is 1. The third-order valence-electron chi connectivity index (χ3n) is 5.34. The van der Waals surface area contributed by atoms with Crippen molar-refractivity contribution in [1.29, 1.82) is 0 Å². The van der Waals surface area contributed by atoms with Gasteiger partial charge in [-0.1, -0.05) is 6.07 Å². The highest BCUT2D eigenvalue weighted by Crippen LogP contribution is 2.27. The number of anilines is 1. The summed E-state index contributed by atoms with van der Waals surface area (Å²) in [7, 11) is -3.66. The number of amides is 1. The van der Waals surface area contributed by atoms with Crippen molar-refractivity contribution >= 4 is 38.5 Å². The number of benzene rings is 1. The number of hydrogen-bond donors (Lipinski definition) is 1. The number of morpholine rings is 1. The Morgan fingerprint density at radius 2 is 1.84 bits per heavy atom. The fraction of sp³-hybridized carbons (Fsp3) is 0.429. The first-order valence-corrected chi connectivity index (χ1v) is 12.7. The Morgan fingerprint density at radius 3 is 2.61 bits per heavy atom. The Balaban J connectivity index is 1.39. The number of sulfonamides is 1. The number of nitrogens with one attached hydrogen (secondary N) is 1. The van der Waals surface area contributed by atoms with Crippen molar-refractivity contribution in [3.63, 3.8) is 0 Å². The molecule has 31 heavy (non-hydrogen) atoms. The summed E-state index contributed by atoms with van der Waals surface area (Å²) in [6, 6.07) is 10.1. The standard InChI is InChI=1S/C21H26N4O4S2/c26-21(23-22-16-18-7-8-20(30-18)24-9-2-1-3-10-24)17-5-4-6-19(15-17)31(27,28)25-11-13-29-14-12-25/h4-8,15-16H,1-3,9-14H2,(H,23,26)/b22-16+. The van der Waals surface area contributed by atoms with Crippen LogP contribution in [0, 0.1) is 0 Å². The zero-order valence-electron chi connectivity index (χ0n) is 17.2. The highest BCUT2D eigenvalue weighted by atomic mass is 32.2. The lowest BCUT2D eigenvalue weighted by molar-refractivity contribution is 0.0730. The van der Waals surface area contributed by atoms with Crippen molar-refractivity contribution in [3.05, 3.63) is 46.8 Å². The van der Waals surface area contributed by atoms with Crippen LogP contribution in [0.25, 0.3) is 0 Å². The quantitative estimate of drug-likeness (QED) is 0.526. The maximum absolute atomic E-state index is 12.8. The summed E-state index contributed by atoms with van der Waals surface area (Å²) in [6.07, 6.45) is 5.34. The molecule has 0 atom stereocenters. The topological polar surface area (TPSA) is 91.3 Å². The Labute approximate surface area is 186 Å². The van der Waals surface area contributed by atoms with E-state index in [9.17, 15) is 13.2 Å². The molecule has 0 unspecified atom stereocenters. The van der Waals surface area contributed by atoms with Crippen molar-refractivity contribution in [2.24, 2.45) is 5.10 Å². The summed E-state index contributed by atoms with van der Waals surface area (Å²) in [5.74, 6) is -0.455. The first-order chi connectivity index (χ1) is 15.0. The van der Waals surface area contributed by atoms with Gasteiger partial charge >= 0.3 is 0 Å². The van der Waals surface area contributed by atoms with Gasteiger partial charge in [0.05, 0.1) is 29.3 Å². The SMILES string of the molecule is O=C(N/N=C/c1ccc(N2CCCCC2)s1)c1cccc(S(=O)(=O)N2CCOCC2)c1. The van der Waals surface area contributed by atoms with Crippen molar-refractivity contribution in [3.8, 4) is 0 Å². The third kappa shape index (κ3) is 5.32. The van der Waals surface area contributed by atoms with Crippen molar-refractivity contribution in [2.45, 2.75) is 24.2 Å². The van der Waals surface area contributed by atoms with Gasteiger partial charge in [-0.3, -0.25) is 4.79 Å². The van der Waals surface area contributed by atoms with E-state index in [-0.39, 0.29) is 10.5 Å². The molecule has 3 heterocycles. The summed E-state index contributed by atoms with van der Waals surface area (Å²) in [6.45, 7) is 3.52. The number of hydrogen-bond acceptors (Lipinski definition) is 7. The Kier molecular flexibility index (Phi) is 7.01. The molecule has 0 aliphatic carbocycles. The molecule has 0 bridgehead atoms. The minimum Gasteiger partial charge on any atom is -0.379 e. The predicted octanol–water partition coefficient (Wildman–Crippen LogP) is 2.52. The van der Waals surface area contributed by atoms with Crippen LogP contribution in [-0.4, -0.2) is 64.2 Å². The van der Waals surface area contributed by atoms with Crippen LogP contribution in [0.15, 0.2) is 46.4 Å². The van der Waals surface area contributed by atoms with Crippen LogP contribution in [0.3, 0.4) is 0 Å². The molecule has 2 aliphatic heterocycles. The van der Waals surface area contributed by atoms with Gasteiger partial charge in [0.1, 0.15) is 0 Å². The molecule has 1 aromatic carbocycles. The average molecular weight is 463 g/mol. The Morgan fingerprint density at radius 1 is 1.06 bits per heavy atom. The largest absolute Gasteiger partial charge is 0.379 e. The van der Waals surface area contributed by atoms with E-state index in [0.717, 1.165) is 18.0 Å². The highest BCUT2D eigenvalue weighted by molar-refractivity contribution is 7.89. The van der Waals surface area contributed by atoms with Crippen molar-refractivity contribution in [2.75, 3.05) is 44.3 Å². The molecule has 2 aliphatic rings. The molecule has 0 radical (unpaired) electrons. The maximum atomic E-state index is 12.8. The van der Waals surface area contributed by atoms with Gasteiger partial charge in [0.25, 0.3) is 5.91 Å². The minimum absolute atomic E-state index is 0.0930. The van der Waals surface area contributed by atoms with Gasteiger partial charge in [0.2, 0.25) is 10.0 Å². The van der Waals surface area contributed by atoms with E-state index >= 15 is 0 Å². The van der Waals surface area contributed by atoms with E-state index in [4.69, 9.17) is 4.74 Å². The van der Waals surface area contributed by atoms with Crippen LogP contribution < -0.4 is 10.3 Å². The molecule has 4 rings (SSSR count). The Bertz CT molecular complexity index is 1040. The number of hydrazone groups is 1. The van der Waals surface area contributed by atoms with Gasteiger partial charge in [-0.05, 0) is 49.6 Å². The first kappa shape index (κ1) is 21.9. The summed E-state index contributed by atoms with van der Waals surface area (Å²) in [5.41, 5.74) is 2.73. The van der Waals surface area contributed by atoms with Crippen LogP contribution in [0.4, 0.5) is 5.00 Å². The van der Waals surface area contributed by atoms with E-state index < -0.39 is 15.9 Å². The van der Waals surface area contributed by atoms with Crippen LogP contribution in [0.1, 0.15) is 34.5 Å². The molecule has 8 nitrogen and oxygen atoms in total. The fourth-order valence-electron chi connectivity index (χ4n) is 3.65. The zero-order valence-corrected chi connectivity index (χ0v) is 18.8. The highest BCUT2D eigenvalue weighted by Gasteiger charge is 2.26. The van der Waals surface area contributed by atoms with Gasteiger partial charge < -0.3 is 9.64 Å². The van der Waals surface area contributed by atoms with E-state index in [2.05, 4.69) is 21.5 Å². The predicted molar refractivity (Wildman–Crippen MR) is 121 cm³/mol. The molecule has 0 saturated carbocycles. The third-order valence-corrected chi connectivity index (χ3v) is 8.32. The van der Waals surface area contributed by atoms with Crippen molar-refractivity contribution in [1.82, 2.24) is 9.73 Å². The van der Waals surface area contributed by atoms with Gasteiger partial charge in [0.15, 0.2) is 0 Å². The molecule has 1 amide bonds. The smallest absolute Gasteiger partial charge is 0.271 e. The molecular weight excluding hydrogens is 436 g/mol. The number of carbonyl (C=O) groups is 1. The molecule has 1 N–H and O–H groups in total. The van der Waals surface area contributed by atoms with E-state index in [1.807, 2.05) is 6.07 Å². The second-order valence-electron chi connectivity index (χ2n) is 7.47. The first-order valence-electron chi connectivity index (χ1n) is 10.4. The van der Waals surface area contributed by atoms with Gasteiger partial charge in [-0.2, -0.15) is 9.41 Å². The normalized spacial score (nSPS) is 18.4. The van der Waals surface area contributed by atoms with E-state index in [1.165, 1.54) is 40.7 Å². The average Bonchev–Trinajstić information content (AvgIpc) is 3.29. The number of piperidine rings is 1. The summed E-state index contributed by atoms with van der Waals surface area (Å²) >= 11 is 1.64. The number of rotatable bonds is 6. The van der Waals surface area contributed by atoms with Crippen LogP contribution >= 0.6 is 11.3 Å². The van der Waals surface area contributed by atoms with Gasteiger partial charge in [-0.15, -0.1) is 11.3 Å². The lowest BCUT2D eigenvalue weighted by Crippen LogP contribution is -2.40. The number of carbonyl (C=O) groups excluding carboxylic acids is 1. The van der Waals surface area contributed by atoms with Crippen LogP contribution in [0.5, 0.6) is 0 Å². The molecular formula is C21H26N4O4S2. The van der Waals surface area contributed by atoms with E-state index in [0.29, 0.717) is 26.3 Å². The summed E-state index contributed by atoms with van der Waals surface area (Å²) in [5, 5.41) is 5.27. The fourth-order valence-corrected chi connectivity index (χ4v) is 6.03. The minimum atomic E-state index is -3.66. The monoisotopic (exact) mass is 462 g/mol. The molecule has 1 aromatic heterocycles. The second-order valence-corrected chi connectivity index (χ2v) is 10.5. The van der Waals surface area contributed by atoms with Gasteiger partial charge in [-0.25, -0.2) is 13.8 Å². The second kappa shape index (κ2) is 9.90. The summed E-state index contributed by atoms with van der Waals surface area (Å²) in [4.78, 5) is 15.9. The van der Waals surface area contributed by atoms with Crippen LogP contribution in [0.2, 0.25) is 0 Å². The molecule has 10 heteroatoms. The van der Waals surface area contributed by atoms with Gasteiger partial charge in [0, 0.05) is 36.6 Å². The molecule has 2 fully saturated rings. The molecule has 166 valence electrons. The lowest BCUT2D eigenvalue weighted by atomic mass is 10.1. The van der Waals surface area contributed by atoms with Crippen molar-refractivity contribution < 1.29 is 17.9 Å². The zero-order chi connectivity index (χ0) is 21.7. The maximum Gasteiger partial charge on any atom is 0.271 e. The molecule has 2 aromatic rings. The number of ether oxygens (including phenoxy) is 1.